The minimum Gasteiger partial charge on any atom is -0.388 e. The Morgan fingerprint density at radius 2 is 2.13 bits per heavy atom. The summed E-state index contributed by atoms with van der Waals surface area (Å²) in [6.45, 7) is 2.02. The SMILES string of the molecule is CC(O)(CN)CSCc1ccccc1Cl. The number of rotatable bonds is 5. The van der Waals surface area contributed by atoms with Crippen LogP contribution in [0, 0.1) is 0 Å². The monoisotopic (exact) mass is 245 g/mol. The van der Waals surface area contributed by atoms with Crippen molar-refractivity contribution in [3.05, 3.63) is 34.9 Å². The predicted octanol–water partition coefficient (Wildman–Crippen LogP) is 2.28. The molecule has 15 heavy (non-hydrogen) atoms. The highest BCUT2D eigenvalue weighted by Crippen LogP contribution is 2.22. The molecule has 0 fully saturated rings. The van der Waals surface area contributed by atoms with Crippen molar-refractivity contribution in [2.75, 3.05) is 12.3 Å². The van der Waals surface area contributed by atoms with Gasteiger partial charge in [-0.05, 0) is 18.6 Å². The van der Waals surface area contributed by atoms with Crippen molar-refractivity contribution in [1.29, 1.82) is 0 Å². The maximum atomic E-state index is 9.69. The molecular formula is C11H16ClNOS. The Morgan fingerprint density at radius 3 is 2.73 bits per heavy atom. The highest BCUT2D eigenvalue weighted by Gasteiger charge is 2.17. The van der Waals surface area contributed by atoms with Crippen LogP contribution in [0.15, 0.2) is 24.3 Å². The maximum absolute atomic E-state index is 9.69. The molecule has 0 heterocycles. The molecule has 0 spiro atoms. The van der Waals surface area contributed by atoms with Crippen molar-refractivity contribution in [2.24, 2.45) is 5.73 Å². The first-order valence-electron chi connectivity index (χ1n) is 4.79. The molecule has 4 heteroatoms. The van der Waals surface area contributed by atoms with E-state index in [1.54, 1.807) is 18.7 Å². The first-order chi connectivity index (χ1) is 7.05. The van der Waals surface area contributed by atoms with Gasteiger partial charge < -0.3 is 10.8 Å². The Bertz CT molecular complexity index is 317. The number of halogens is 1. The lowest BCUT2D eigenvalue weighted by atomic mass is 10.1. The maximum Gasteiger partial charge on any atom is 0.0831 e. The second-order valence-corrected chi connectivity index (χ2v) is 5.18. The molecular weight excluding hydrogens is 230 g/mol. The molecule has 1 unspecified atom stereocenters. The van der Waals surface area contributed by atoms with Gasteiger partial charge in [-0.15, -0.1) is 0 Å². The lowest BCUT2D eigenvalue weighted by Crippen LogP contribution is -2.36. The van der Waals surface area contributed by atoms with Gasteiger partial charge in [-0.2, -0.15) is 11.8 Å². The van der Waals surface area contributed by atoms with Crippen LogP contribution in [-0.4, -0.2) is 23.0 Å². The molecule has 1 rings (SSSR count). The summed E-state index contributed by atoms with van der Waals surface area (Å²) >= 11 is 7.65. The summed E-state index contributed by atoms with van der Waals surface area (Å²) in [7, 11) is 0. The molecule has 1 aromatic rings. The third kappa shape index (κ3) is 4.43. The van der Waals surface area contributed by atoms with Crippen LogP contribution in [0.5, 0.6) is 0 Å². The second-order valence-electron chi connectivity index (χ2n) is 3.79. The molecule has 0 aliphatic rings. The molecule has 0 aliphatic heterocycles. The average Bonchev–Trinajstić information content (AvgIpc) is 2.21. The van der Waals surface area contributed by atoms with Gasteiger partial charge in [-0.3, -0.25) is 0 Å². The summed E-state index contributed by atoms with van der Waals surface area (Å²) in [6, 6.07) is 7.74. The number of benzene rings is 1. The minimum atomic E-state index is -0.786. The number of aliphatic hydroxyl groups is 1. The van der Waals surface area contributed by atoms with E-state index in [-0.39, 0.29) is 6.54 Å². The zero-order chi connectivity index (χ0) is 11.3. The molecule has 1 aromatic carbocycles. The van der Waals surface area contributed by atoms with Gasteiger partial charge in [0.05, 0.1) is 5.60 Å². The van der Waals surface area contributed by atoms with Gasteiger partial charge in [0.2, 0.25) is 0 Å². The highest BCUT2D eigenvalue weighted by molar-refractivity contribution is 7.98. The van der Waals surface area contributed by atoms with Crippen LogP contribution >= 0.6 is 23.4 Å². The van der Waals surface area contributed by atoms with Crippen LogP contribution in [0.4, 0.5) is 0 Å². The first kappa shape index (κ1) is 12.8. The lowest BCUT2D eigenvalue weighted by Gasteiger charge is -2.20. The Balaban J connectivity index is 2.42. The molecule has 0 aromatic heterocycles. The molecule has 0 saturated heterocycles. The topological polar surface area (TPSA) is 46.2 Å². The third-order valence-corrected chi connectivity index (χ3v) is 3.78. The van der Waals surface area contributed by atoms with Gasteiger partial charge >= 0.3 is 0 Å². The molecule has 0 aliphatic carbocycles. The Hall–Kier alpha value is -0.220. The van der Waals surface area contributed by atoms with E-state index in [4.69, 9.17) is 17.3 Å². The molecule has 0 radical (unpaired) electrons. The lowest BCUT2D eigenvalue weighted by molar-refractivity contribution is 0.0949. The molecule has 1 atom stereocenters. The van der Waals surface area contributed by atoms with Crippen LogP contribution in [0.2, 0.25) is 5.02 Å². The van der Waals surface area contributed by atoms with Gasteiger partial charge in [0.15, 0.2) is 0 Å². The van der Waals surface area contributed by atoms with Gasteiger partial charge in [-0.1, -0.05) is 29.8 Å². The van der Waals surface area contributed by atoms with E-state index in [0.29, 0.717) is 5.75 Å². The van der Waals surface area contributed by atoms with Gasteiger partial charge in [0, 0.05) is 23.1 Å². The number of hydrogen-bond donors (Lipinski definition) is 2. The van der Waals surface area contributed by atoms with Gasteiger partial charge in [-0.25, -0.2) is 0 Å². The largest absolute Gasteiger partial charge is 0.388 e. The Morgan fingerprint density at radius 1 is 1.47 bits per heavy atom. The molecule has 84 valence electrons. The van der Waals surface area contributed by atoms with Crippen molar-refractivity contribution in [1.82, 2.24) is 0 Å². The average molecular weight is 246 g/mol. The van der Waals surface area contributed by atoms with E-state index >= 15 is 0 Å². The molecule has 0 amide bonds. The van der Waals surface area contributed by atoms with E-state index in [2.05, 4.69) is 0 Å². The van der Waals surface area contributed by atoms with Crippen LogP contribution in [0.25, 0.3) is 0 Å². The summed E-state index contributed by atoms with van der Waals surface area (Å²) in [4.78, 5) is 0. The van der Waals surface area contributed by atoms with E-state index < -0.39 is 5.60 Å². The quantitative estimate of drug-likeness (QED) is 0.837. The molecule has 0 saturated carbocycles. The molecule has 3 N–H and O–H groups in total. The molecule has 0 bridgehead atoms. The van der Waals surface area contributed by atoms with Crippen molar-refractivity contribution in [3.8, 4) is 0 Å². The van der Waals surface area contributed by atoms with Crippen LogP contribution < -0.4 is 5.73 Å². The fraction of sp³-hybridized carbons (Fsp3) is 0.455. The van der Waals surface area contributed by atoms with E-state index in [1.807, 2.05) is 24.3 Å². The first-order valence-corrected chi connectivity index (χ1v) is 6.32. The fourth-order valence-electron chi connectivity index (χ4n) is 1.06. The van der Waals surface area contributed by atoms with Crippen molar-refractivity contribution >= 4 is 23.4 Å². The summed E-state index contributed by atoms with van der Waals surface area (Å²) in [6.07, 6.45) is 0. The highest BCUT2D eigenvalue weighted by atomic mass is 35.5. The minimum absolute atomic E-state index is 0.280. The van der Waals surface area contributed by atoms with Crippen LogP contribution in [0.3, 0.4) is 0 Å². The zero-order valence-electron chi connectivity index (χ0n) is 8.74. The van der Waals surface area contributed by atoms with Gasteiger partial charge in [0.25, 0.3) is 0 Å². The molecule has 2 nitrogen and oxygen atoms in total. The zero-order valence-corrected chi connectivity index (χ0v) is 10.3. The Labute approximate surface area is 99.8 Å². The summed E-state index contributed by atoms with van der Waals surface area (Å²) in [5.41, 5.74) is 5.73. The number of hydrogen-bond acceptors (Lipinski definition) is 3. The van der Waals surface area contributed by atoms with E-state index in [0.717, 1.165) is 16.3 Å². The van der Waals surface area contributed by atoms with Gasteiger partial charge in [0.1, 0.15) is 0 Å². The predicted molar refractivity (Wildman–Crippen MR) is 67.3 cm³/mol. The van der Waals surface area contributed by atoms with Crippen LogP contribution in [-0.2, 0) is 5.75 Å². The summed E-state index contributed by atoms with van der Waals surface area (Å²) < 4.78 is 0. The number of nitrogens with two attached hydrogens (primary N) is 1. The fourth-order valence-corrected chi connectivity index (χ4v) is 2.47. The van der Waals surface area contributed by atoms with E-state index in [9.17, 15) is 5.11 Å². The Kier molecular flexibility index (Phi) is 4.93. The second kappa shape index (κ2) is 5.75. The van der Waals surface area contributed by atoms with Crippen molar-refractivity contribution < 1.29 is 5.11 Å². The number of thioether (sulfide) groups is 1. The van der Waals surface area contributed by atoms with Crippen molar-refractivity contribution in [2.45, 2.75) is 18.3 Å². The third-order valence-electron chi connectivity index (χ3n) is 2.07. The summed E-state index contributed by atoms with van der Waals surface area (Å²) in [5.74, 6) is 1.42. The van der Waals surface area contributed by atoms with E-state index in [1.165, 1.54) is 0 Å². The summed E-state index contributed by atoms with van der Waals surface area (Å²) in [5, 5.41) is 10.5. The smallest absolute Gasteiger partial charge is 0.0831 e. The van der Waals surface area contributed by atoms with Crippen LogP contribution in [0.1, 0.15) is 12.5 Å². The standard InChI is InChI=1S/C11H16ClNOS/c1-11(14,7-13)8-15-6-9-4-2-3-5-10(9)12/h2-5,14H,6-8,13H2,1H3. The normalized spacial score (nSPS) is 14.9. The van der Waals surface area contributed by atoms with Crippen molar-refractivity contribution in [3.63, 3.8) is 0 Å².